The van der Waals surface area contributed by atoms with Crippen LogP contribution in [0.5, 0.6) is 0 Å². The van der Waals surface area contributed by atoms with E-state index in [0.29, 0.717) is 19.5 Å². The molecule has 1 heterocycles. The Hall–Kier alpha value is -1.51. The fourth-order valence-corrected chi connectivity index (χ4v) is 4.07. The van der Waals surface area contributed by atoms with Crippen LogP contribution in [0.3, 0.4) is 0 Å². The summed E-state index contributed by atoms with van der Waals surface area (Å²) in [6.07, 6.45) is 1.46. The van der Waals surface area contributed by atoms with E-state index in [4.69, 9.17) is 5.73 Å². The molecule has 0 amide bonds. The van der Waals surface area contributed by atoms with Gasteiger partial charge in [-0.05, 0) is 24.5 Å². The maximum atomic E-state index is 12.6. The number of nitro groups is 1. The normalized spacial score (nSPS) is 23.9. The predicted octanol–water partition coefficient (Wildman–Crippen LogP) is 1.34. The van der Waals surface area contributed by atoms with Crippen molar-refractivity contribution in [2.24, 2.45) is 11.7 Å². The van der Waals surface area contributed by atoms with E-state index in [9.17, 15) is 18.5 Å². The summed E-state index contributed by atoms with van der Waals surface area (Å²) < 4.78 is 26.5. The first-order chi connectivity index (χ1) is 9.86. The molecule has 2 rings (SSSR count). The van der Waals surface area contributed by atoms with Gasteiger partial charge in [-0.3, -0.25) is 10.1 Å². The van der Waals surface area contributed by atoms with Gasteiger partial charge in [0.1, 0.15) is 0 Å². The van der Waals surface area contributed by atoms with Crippen molar-refractivity contribution in [2.45, 2.75) is 30.7 Å². The fraction of sp³-hybridized carbons (Fsp3) is 0.538. The summed E-state index contributed by atoms with van der Waals surface area (Å²) in [4.78, 5) is 10.1. The number of nitrogens with two attached hydrogens (primary N) is 1. The molecule has 0 bridgehead atoms. The first-order valence-corrected chi connectivity index (χ1v) is 8.30. The van der Waals surface area contributed by atoms with Crippen LogP contribution in [0.25, 0.3) is 0 Å². The monoisotopic (exact) mass is 313 g/mol. The van der Waals surface area contributed by atoms with Crippen molar-refractivity contribution in [3.63, 3.8) is 0 Å². The van der Waals surface area contributed by atoms with Crippen molar-refractivity contribution in [3.8, 4) is 0 Å². The van der Waals surface area contributed by atoms with E-state index in [-0.39, 0.29) is 22.5 Å². The van der Waals surface area contributed by atoms with Crippen molar-refractivity contribution in [3.05, 3.63) is 34.4 Å². The Bertz CT molecular complexity index is 615. The molecule has 0 aliphatic carbocycles. The number of nitrogens with zero attached hydrogens (tertiary/aromatic N) is 2. The van der Waals surface area contributed by atoms with E-state index >= 15 is 0 Å². The maximum absolute atomic E-state index is 12.6. The number of non-ortho nitro benzene ring substituents is 1. The molecule has 0 radical (unpaired) electrons. The SMILES string of the molecule is CC[C@H]1CN(S(=O)(=O)c2ccc([N+](=O)[O-])cc2)CC[C@H]1N. The Morgan fingerprint density at radius 2 is 2.00 bits per heavy atom. The minimum absolute atomic E-state index is 0.0262. The molecule has 21 heavy (non-hydrogen) atoms. The molecule has 0 unspecified atom stereocenters. The third kappa shape index (κ3) is 3.22. The van der Waals surface area contributed by atoms with Crippen molar-refractivity contribution in [2.75, 3.05) is 13.1 Å². The Kier molecular flexibility index (Phi) is 4.60. The summed E-state index contributed by atoms with van der Waals surface area (Å²) >= 11 is 0. The molecule has 1 aliphatic heterocycles. The molecule has 1 saturated heterocycles. The summed E-state index contributed by atoms with van der Waals surface area (Å²) in [6, 6.07) is 5.00. The molecule has 2 N–H and O–H groups in total. The second kappa shape index (κ2) is 6.08. The van der Waals surface area contributed by atoms with Gasteiger partial charge in [-0.1, -0.05) is 13.3 Å². The molecular weight excluding hydrogens is 294 g/mol. The molecule has 1 aliphatic rings. The first kappa shape index (κ1) is 15.9. The highest BCUT2D eigenvalue weighted by Crippen LogP contribution is 2.25. The predicted molar refractivity (Wildman–Crippen MR) is 78.2 cm³/mol. The van der Waals surface area contributed by atoms with Crippen LogP contribution in [0.1, 0.15) is 19.8 Å². The van der Waals surface area contributed by atoms with Gasteiger partial charge in [0, 0.05) is 31.3 Å². The second-order valence-electron chi connectivity index (χ2n) is 5.23. The zero-order valence-corrected chi connectivity index (χ0v) is 12.6. The van der Waals surface area contributed by atoms with E-state index in [2.05, 4.69) is 0 Å². The summed E-state index contributed by atoms with van der Waals surface area (Å²) in [5.41, 5.74) is 5.87. The van der Waals surface area contributed by atoms with Crippen LogP contribution in [0.15, 0.2) is 29.2 Å². The molecular formula is C13H19N3O4S. The third-order valence-electron chi connectivity index (χ3n) is 3.97. The molecule has 1 fully saturated rings. The van der Waals surface area contributed by atoms with Crippen LogP contribution in [0.2, 0.25) is 0 Å². The van der Waals surface area contributed by atoms with Gasteiger partial charge in [-0.2, -0.15) is 4.31 Å². The zero-order valence-electron chi connectivity index (χ0n) is 11.8. The Balaban J connectivity index is 2.23. The van der Waals surface area contributed by atoms with Crippen LogP contribution >= 0.6 is 0 Å². The van der Waals surface area contributed by atoms with Crippen LogP contribution in [-0.2, 0) is 10.0 Å². The van der Waals surface area contributed by atoms with E-state index in [1.54, 1.807) is 0 Å². The number of rotatable bonds is 4. The number of nitro benzene ring substituents is 1. The lowest BCUT2D eigenvalue weighted by Crippen LogP contribution is -2.48. The lowest BCUT2D eigenvalue weighted by molar-refractivity contribution is -0.384. The summed E-state index contributed by atoms with van der Waals surface area (Å²) in [5, 5.41) is 10.6. The maximum Gasteiger partial charge on any atom is 0.269 e. The molecule has 116 valence electrons. The highest BCUT2D eigenvalue weighted by molar-refractivity contribution is 7.89. The van der Waals surface area contributed by atoms with Gasteiger partial charge in [0.05, 0.1) is 9.82 Å². The standard InChI is InChI=1S/C13H19N3O4S/c1-2-10-9-15(8-7-13(10)14)21(19,20)12-5-3-11(4-6-12)16(17)18/h3-6,10,13H,2,7-9,14H2,1H3/t10-,13+/m0/s1. The average Bonchev–Trinajstić information content (AvgIpc) is 2.47. The number of benzene rings is 1. The second-order valence-corrected chi connectivity index (χ2v) is 7.17. The lowest BCUT2D eigenvalue weighted by atomic mass is 9.92. The molecule has 7 nitrogen and oxygen atoms in total. The van der Waals surface area contributed by atoms with E-state index < -0.39 is 14.9 Å². The third-order valence-corrected chi connectivity index (χ3v) is 5.84. The smallest absolute Gasteiger partial charge is 0.269 e. The van der Waals surface area contributed by atoms with Gasteiger partial charge in [-0.15, -0.1) is 0 Å². The van der Waals surface area contributed by atoms with Gasteiger partial charge in [-0.25, -0.2) is 8.42 Å². The Morgan fingerprint density at radius 3 is 2.52 bits per heavy atom. The lowest BCUT2D eigenvalue weighted by Gasteiger charge is -2.35. The largest absolute Gasteiger partial charge is 0.327 e. The van der Waals surface area contributed by atoms with Crippen LogP contribution < -0.4 is 5.73 Å². The molecule has 8 heteroatoms. The van der Waals surface area contributed by atoms with Crippen LogP contribution in [0.4, 0.5) is 5.69 Å². The van der Waals surface area contributed by atoms with Gasteiger partial charge in [0.15, 0.2) is 0 Å². The topological polar surface area (TPSA) is 107 Å². The number of piperidine rings is 1. The summed E-state index contributed by atoms with van der Waals surface area (Å²) in [7, 11) is -3.62. The van der Waals surface area contributed by atoms with Crippen molar-refractivity contribution in [1.82, 2.24) is 4.31 Å². The summed E-state index contributed by atoms with van der Waals surface area (Å²) in [6.45, 7) is 2.78. The molecule has 2 atom stereocenters. The van der Waals surface area contributed by atoms with Gasteiger partial charge < -0.3 is 5.73 Å². The molecule has 0 spiro atoms. The fourth-order valence-electron chi connectivity index (χ4n) is 2.56. The van der Waals surface area contributed by atoms with Gasteiger partial charge in [0.2, 0.25) is 10.0 Å². The van der Waals surface area contributed by atoms with Crippen molar-refractivity contribution < 1.29 is 13.3 Å². The number of sulfonamides is 1. The molecule has 0 aromatic heterocycles. The van der Waals surface area contributed by atoms with E-state index in [1.807, 2.05) is 6.92 Å². The first-order valence-electron chi connectivity index (χ1n) is 6.86. The van der Waals surface area contributed by atoms with E-state index in [0.717, 1.165) is 6.42 Å². The molecule has 0 saturated carbocycles. The molecule has 1 aromatic rings. The van der Waals surface area contributed by atoms with Crippen LogP contribution in [-0.4, -0.2) is 36.8 Å². The minimum atomic E-state index is -3.62. The number of hydrogen-bond acceptors (Lipinski definition) is 5. The van der Waals surface area contributed by atoms with Crippen LogP contribution in [0, 0.1) is 16.0 Å². The van der Waals surface area contributed by atoms with Crippen molar-refractivity contribution >= 4 is 15.7 Å². The van der Waals surface area contributed by atoms with Gasteiger partial charge >= 0.3 is 0 Å². The quantitative estimate of drug-likeness (QED) is 0.667. The number of hydrogen-bond donors (Lipinski definition) is 1. The summed E-state index contributed by atoms with van der Waals surface area (Å²) in [5.74, 6) is 0.145. The molecule has 1 aromatic carbocycles. The minimum Gasteiger partial charge on any atom is -0.327 e. The van der Waals surface area contributed by atoms with E-state index in [1.165, 1.54) is 28.6 Å². The highest BCUT2D eigenvalue weighted by atomic mass is 32.2. The highest BCUT2D eigenvalue weighted by Gasteiger charge is 2.33. The van der Waals surface area contributed by atoms with Crippen molar-refractivity contribution in [1.29, 1.82) is 0 Å². The zero-order chi connectivity index (χ0) is 15.6. The average molecular weight is 313 g/mol. The van der Waals surface area contributed by atoms with Gasteiger partial charge in [0.25, 0.3) is 5.69 Å². The Morgan fingerprint density at radius 1 is 1.38 bits per heavy atom. The Labute approximate surface area is 123 Å².